The van der Waals surface area contributed by atoms with E-state index in [1.807, 2.05) is 0 Å². The van der Waals surface area contributed by atoms with E-state index in [0.29, 0.717) is 6.61 Å². The molecule has 2 nitrogen and oxygen atoms in total. The van der Waals surface area contributed by atoms with Gasteiger partial charge in [0, 0.05) is 0 Å². The van der Waals surface area contributed by atoms with Gasteiger partial charge in [0.1, 0.15) is 18.0 Å². The fraction of sp³-hybridized carbons (Fsp3) is 0.652. The lowest BCUT2D eigenvalue weighted by Gasteiger charge is -2.13. The Balaban J connectivity index is 1.51. The van der Waals surface area contributed by atoms with Crippen molar-refractivity contribution in [1.82, 2.24) is 0 Å². The average molecular weight is 345 g/mol. The monoisotopic (exact) mass is 344 g/mol. The molecule has 1 saturated heterocycles. The molecule has 1 fully saturated rings. The van der Waals surface area contributed by atoms with Gasteiger partial charge in [0.25, 0.3) is 0 Å². The molecule has 0 N–H and O–H groups in total. The van der Waals surface area contributed by atoms with Gasteiger partial charge in [-0.25, -0.2) is 0 Å². The lowest BCUT2D eigenvalue weighted by Crippen LogP contribution is -2.17. The topological polar surface area (TPSA) is 21.8 Å². The lowest BCUT2D eigenvalue weighted by molar-refractivity contribution is 0.201. The first-order valence-corrected chi connectivity index (χ1v) is 10.2. The van der Waals surface area contributed by atoms with Crippen LogP contribution in [-0.4, -0.2) is 18.8 Å². The first-order chi connectivity index (χ1) is 12.2. The molecular formula is C23H36O2. The summed E-state index contributed by atoms with van der Waals surface area (Å²) in [7, 11) is 0. The van der Waals surface area contributed by atoms with Crippen LogP contribution < -0.4 is 4.74 Å². The molecule has 0 aromatic heterocycles. The van der Waals surface area contributed by atoms with Crippen molar-refractivity contribution >= 4 is 0 Å². The van der Waals surface area contributed by atoms with Crippen molar-refractivity contribution in [3.8, 4) is 5.75 Å². The number of aryl methyl sites for hydroxylation is 1. The lowest BCUT2D eigenvalue weighted by atomic mass is 10.0. The molecule has 2 heteroatoms. The van der Waals surface area contributed by atoms with Crippen LogP contribution in [0.15, 0.2) is 36.4 Å². The third-order valence-electron chi connectivity index (χ3n) is 4.95. The first kappa shape index (κ1) is 20.0. The Morgan fingerprint density at radius 2 is 1.64 bits per heavy atom. The highest BCUT2D eigenvalue weighted by atomic mass is 16.6. The maximum atomic E-state index is 5.98. The number of epoxide rings is 1. The number of hydrogen-bond donors (Lipinski definition) is 0. The summed E-state index contributed by atoms with van der Waals surface area (Å²) in [5.41, 5.74) is 1.30. The van der Waals surface area contributed by atoms with Crippen LogP contribution in [0, 0.1) is 0 Å². The minimum Gasteiger partial charge on any atom is -0.490 e. The van der Waals surface area contributed by atoms with Crippen molar-refractivity contribution in [2.24, 2.45) is 0 Å². The number of para-hydroxylation sites is 1. The molecule has 1 aromatic rings. The van der Waals surface area contributed by atoms with Crippen molar-refractivity contribution in [2.75, 3.05) is 13.2 Å². The highest BCUT2D eigenvalue weighted by molar-refractivity contribution is 5.33. The van der Waals surface area contributed by atoms with E-state index in [9.17, 15) is 0 Å². The van der Waals surface area contributed by atoms with Crippen molar-refractivity contribution in [3.63, 3.8) is 0 Å². The molecule has 2 rings (SSSR count). The molecule has 25 heavy (non-hydrogen) atoms. The largest absolute Gasteiger partial charge is 0.490 e. The Morgan fingerprint density at radius 3 is 2.32 bits per heavy atom. The van der Waals surface area contributed by atoms with Gasteiger partial charge in [0.05, 0.1) is 6.61 Å². The molecule has 0 radical (unpaired) electrons. The molecule has 0 spiro atoms. The first-order valence-electron chi connectivity index (χ1n) is 10.2. The number of hydrogen-bond acceptors (Lipinski definition) is 2. The van der Waals surface area contributed by atoms with Crippen molar-refractivity contribution < 1.29 is 9.47 Å². The summed E-state index contributed by atoms with van der Waals surface area (Å²) in [5.74, 6) is 1.04. The van der Waals surface area contributed by atoms with E-state index in [4.69, 9.17) is 9.47 Å². The maximum absolute atomic E-state index is 5.98. The summed E-state index contributed by atoms with van der Waals surface area (Å²) in [4.78, 5) is 0. The Bertz CT molecular complexity index is 503. The van der Waals surface area contributed by atoms with Crippen LogP contribution in [0.4, 0.5) is 0 Å². The molecule has 0 aliphatic carbocycles. The molecule has 1 aliphatic heterocycles. The van der Waals surface area contributed by atoms with Gasteiger partial charge in [-0.2, -0.15) is 0 Å². The van der Waals surface area contributed by atoms with Crippen LogP contribution in [0.1, 0.15) is 77.2 Å². The summed E-state index contributed by atoms with van der Waals surface area (Å²) in [5, 5.41) is 0. The van der Waals surface area contributed by atoms with E-state index in [1.165, 1.54) is 63.4 Å². The van der Waals surface area contributed by atoms with Gasteiger partial charge in [0.15, 0.2) is 0 Å². The highest BCUT2D eigenvalue weighted by Crippen LogP contribution is 2.28. The number of benzene rings is 1. The summed E-state index contributed by atoms with van der Waals surface area (Å²) in [6.07, 6.45) is 17.7. The zero-order valence-corrected chi connectivity index (χ0v) is 16.3. The molecule has 0 saturated carbocycles. The van der Waals surface area contributed by atoms with E-state index in [2.05, 4.69) is 50.3 Å². The number of rotatable bonds is 14. The van der Waals surface area contributed by atoms with Crippen molar-refractivity contribution in [3.05, 3.63) is 42.0 Å². The molecule has 1 aromatic carbocycles. The van der Waals surface area contributed by atoms with Crippen LogP contribution in [0.5, 0.6) is 5.75 Å². The Hall–Kier alpha value is -1.28. The molecule has 140 valence electrons. The third-order valence-corrected chi connectivity index (χ3v) is 4.95. The molecule has 0 amide bonds. The van der Waals surface area contributed by atoms with Gasteiger partial charge in [-0.05, 0) is 51.2 Å². The van der Waals surface area contributed by atoms with Crippen molar-refractivity contribution in [2.45, 2.75) is 83.7 Å². The minimum absolute atomic E-state index is 0.0417. The smallest absolute Gasteiger partial charge is 0.123 e. The van der Waals surface area contributed by atoms with Gasteiger partial charge in [-0.3, -0.25) is 0 Å². The Labute approximate surface area is 154 Å². The number of ether oxygens (including phenoxy) is 2. The zero-order valence-electron chi connectivity index (χ0n) is 16.3. The molecule has 1 atom stereocenters. The molecule has 1 unspecified atom stereocenters. The summed E-state index contributed by atoms with van der Waals surface area (Å²) in [6.45, 7) is 5.70. The van der Waals surface area contributed by atoms with Gasteiger partial charge in [-0.1, -0.05) is 68.9 Å². The van der Waals surface area contributed by atoms with Crippen molar-refractivity contribution in [1.29, 1.82) is 0 Å². The highest BCUT2D eigenvalue weighted by Gasteiger charge is 2.40. The van der Waals surface area contributed by atoms with E-state index in [1.54, 1.807) is 0 Å². The van der Waals surface area contributed by atoms with Gasteiger partial charge >= 0.3 is 0 Å². The van der Waals surface area contributed by atoms with Gasteiger partial charge in [0.2, 0.25) is 0 Å². The standard InChI is InChI=1S/C23H36O2/c1-3-4-5-6-7-8-9-10-11-12-13-16-21-17-14-15-18-22(21)24-19-23(2)20-25-23/h3-4,14-15,17-18H,5-13,16,19-20H2,1-2H3/b4-3+. The summed E-state index contributed by atoms with van der Waals surface area (Å²) in [6, 6.07) is 8.47. The Kier molecular flexibility index (Phi) is 9.10. The second-order valence-corrected chi connectivity index (χ2v) is 7.57. The second kappa shape index (κ2) is 11.4. The SMILES string of the molecule is C/C=C/CCCCCCCCCCc1ccccc1OCC1(C)CO1. The normalized spacial score (nSPS) is 19.4. The van der Waals surface area contributed by atoms with Crippen LogP contribution in [0.25, 0.3) is 0 Å². The molecule has 1 aliphatic rings. The molecule has 0 bridgehead atoms. The summed E-state index contributed by atoms with van der Waals surface area (Å²) < 4.78 is 11.4. The van der Waals surface area contributed by atoms with Gasteiger partial charge in [-0.15, -0.1) is 0 Å². The quantitative estimate of drug-likeness (QED) is 0.219. The Morgan fingerprint density at radius 1 is 1.00 bits per heavy atom. The van der Waals surface area contributed by atoms with Crippen LogP contribution >= 0.6 is 0 Å². The average Bonchev–Trinajstić information content (AvgIpc) is 3.36. The maximum Gasteiger partial charge on any atom is 0.123 e. The van der Waals surface area contributed by atoms with Crippen LogP contribution in [0.2, 0.25) is 0 Å². The van der Waals surface area contributed by atoms with E-state index in [0.717, 1.165) is 18.8 Å². The van der Waals surface area contributed by atoms with Gasteiger partial charge < -0.3 is 9.47 Å². The molecule has 1 heterocycles. The van der Waals surface area contributed by atoms with Crippen LogP contribution in [0.3, 0.4) is 0 Å². The van der Waals surface area contributed by atoms with E-state index < -0.39 is 0 Å². The summed E-state index contributed by atoms with van der Waals surface area (Å²) >= 11 is 0. The fourth-order valence-corrected chi connectivity index (χ4v) is 3.09. The predicted molar refractivity (Wildman–Crippen MR) is 106 cm³/mol. The number of allylic oxidation sites excluding steroid dienone is 2. The van der Waals surface area contributed by atoms with E-state index in [-0.39, 0.29) is 5.60 Å². The number of unbranched alkanes of at least 4 members (excludes halogenated alkanes) is 8. The molecular weight excluding hydrogens is 308 g/mol. The van der Waals surface area contributed by atoms with Crippen LogP contribution in [-0.2, 0) is 11.2 Å². The third kappa shape index (κ3) is 8.58. The second-order valence-electron chi connectivity index (χ2n) is 7.57. The van der Waals surface area contributed by atoms with E-state index >= 15 is 0 Å². The zero-order chi connectivity index (χ0) is 17.8. The predicted octanol–water partition coefficient (Wildman–Crippen LogP) is 6.48. The fourth-order valence-electron chi connectivity index (χ4n) is 3.09. The minimum atomic E-state index is -0.0417.